The lowest BCUT2D eigenvalue weighted by Gasteiger charge is -2.26. The van der Waals surface area contributed by atoms with Crippen molar-refractivity contribution in [2.75, 3.05) is 24.2 Å². The normalized spacial score (nSPS) is 27.3. The van der Waals surface area contributed by atoms with Crippen molar-refractivity contribution in [1.82, 2.24) is 10.3 Å². The Morgan fingerprint density at radius 1 is 1.32 bits per heavy atom. The van der Waals surface area contributed by atoms with Crippen LogP contribution in [0, 0.1) is 0 Å². The second-order valence-corrected chi connectivity index (χ2v) is 7.45. The topological polar surface area (TPSA) is 62.3 Å². The first-order valence-electron chi connectivity index (χ1n) is 6.70. The molecule has 5 nitrogen and oxygen atoms in total. The molecule has 2 aliphatic rings. The summed E-state index contributed by atoms with van der Waals surface area (Å²) in [4.78, 5) is 6.77. The van der Waals surface area contributed by atoms with Gasteiger partial charge < -0.3 is 10.2 Å². The first-order chi connectivity index (χ1) is 9.04. The highest BCUT2D eigenvalue weighted by Crippen LogP contribution is 2.27. The van der Waals surface area contributed by atoms with Gasteiger partial charge in [0.1, 0.15) is 10.7 Å². The molecule has 0 aliphatic carbocycles. The van der Waals surface area contributed by atoms with Crippen LogP contribution in [0.25, 0.3) is 0 Å². The molecule has 1 N–H and O–H groups in total. The van der Waals surface area contributed by atoms with Crippen molar-refractivity contribution in [2.24, 2.45) is 0 Å². The van der Waals surface area contributed by atoms with E-state index in [1.165, 1.54) is 19.1 Å². The second kappa shape index (κ2) is 4.76. The maximum atomic E-state index is 11.9. The Bertz CT molecular complexity index is 573. The number of rotatable bonds is 2. The smallest absolute Gasteiger partial charge is 0.179 e. The SMILES string of the molecule is CS(=O)(=O)c1cccnc1N1CCC2CCC(C1)N2. The molecule has 3 heterocycles. The van der Waals surface area contributed by atoms with E-state index < -0.39 is 9.84 Å². The number of sulfone groups is 1. The van der Waals surface area contributed by atoms with E-state index >= 15 is 0 Å². The fourth-order valence-corrected chi connectivity index (χ4v) is 3.88. The Kier molecular flexibility index (Phi) is 3.22. The van der Waals surface area contributed by atoms with Crippen LogP contribution >= 0.6 is 0 Å². The minimum absolute atomic E-state index is 0.341. The van der Waals surface area contributed by atoms with E-state index in [9.17, 15) is 8.42 Å². The first kappa shape index (κ1) is 12.9. The Morgan fingerprint density at radius 3 is 2.89 bits per heavy atom. The summed E-state index contributed by atoms with van der Waals surface area (Å²) in [6.45, 7) is 1.71. The van der Waals surface area contributed by atoms with Crippen molar-refractivity contribution < 1.29 is 8.42 Å². The highest BCUT2D eigenvalue weighted by molar-refractivity contribution is 7.90. The zero-order valence-corrected chi connectivity index (χ0v) is 11.9. The van der Waals surface area contributed by atoms with Crippen LogP contribution in [-0.2, 0) is 9.84 Å². The Hall–Kier alpha value is -1.14. The highest BCUT2D eigenvalue weighted by atomic mass is 32.2. The molecule has 0 aromatic carbocycles. The molecular formula is C13H19N3O2S. The molecule has 104 valence electrons. The van der Waals surface area contributed by atoms with Gasteiger partial charge in [-0.05, 0) is 31.4 Å². The minimum Gasteiger partial charge on any atom is -0.354 e. The van der Waals surface area contributed by atoms with E-state index in [-0.39, 0.29) is 0 Å². The van der Waals surface area contributed by atoms with Crippen LogP contribution in [0.4, 0.5) is 5.82 Å². The highest BCUT2D eigenvalue weighted by Gasteiger charge is 2.31. The van der Waals surface area contributed by atoms with Crippen molar-refractivity contribution in [3.8, 4) is 0 Å². The number of pyridine rings is 1. The average molecular weight is 281 g/mol. The molecule has 0 saturated carbocycles. The molecule has 2 atom stereocenters. The van der Waals surface area contributed by atoms with Gasteiger partial charge in [-0.2, -0.15) is 0 Å². The third-order valence-corrected chi connectivity index (χ3v) is 5.09. The van der Waals surface area contributed by atoms with Crippen LogP contribution in [0.5, 0.6) is 0 Å². The Morgan fingerprint density at radius 2 is 2.11 bits per heavy atom. The number of aromatic nitrogens is 1. The number of fused-ring (bicyclic) bond motifs is 2. The molecular weight excluding hydrogens is 262 g/mol. The molecule has 2 aliphatic heterocycles. The zero-order chi connectivity index (χ0) is 13.5. The van der Waals surface area contributed by atoms with Gasteiger partial charge in [-0.3, -0.25) is 0 Å². The summed E-state index contributed by atoms with van der Waals surface area (Å²) in [5.41, 5.74) is 0. The summed E-state index contributed by atoms with van der Waals surface area (Å²) < 4.78 is 23.7. The van der Waals surface area contributed by atoms with Crippen molar-refractivity contribution in [3.05, 3.63) is 18.3 Å². The molecule has 0 spiro atoms. The summed E-state index contributed by atoms with van der Waals surface area (Å²) in [5.74, 6) is 0.611. The van der Waals surface area contributed by atoms with E-state index in [1.807, 2.05) is 0 Å². The molecule has 0 amide bonds. The number of hydrogen-bond donors (Lipinski definition) is 1. The largest absolute Gasteiger partial charge is 0.354 e. The zero-order valence-electron chi connectivity index (χ0n) is 11.0. The summed E-state index contributed by atoms with van der Waals surface area (Å²) in [6, 6.07) is 4.37. The summed E-state index contributed by atoms with van der Waals surface area (Å²) >= 11 is 0. The van der Waals surface area contributed by atoms with Gasteiger partial charge in [0.2, 0.25) is 0 Å². The van der Waals surface area contributed by atoms with Crippen molar-refractivity contribution in [2.45, 2.75) is 36.2 Å². The van der Waals surface area contributed by atoms with Crippen LogP contribution in [0.3, 0.4) is 0 Å². The quantitative estimate of drug-likeness (QED) is 0.869. The maximum absolute atomic E-state index is 11.9. The molecule has 2 fully saturated rings. The van der Waals surface area contributed by atoms with Crippen LogP contribution in [0.2, 0.25) is 0 Å². The predicted molar refractivity (Wildman–Crippen MR) is 74.1 cm³/mol. The van der Waals surface area contributed by atoms with Gasteiger partial charge in [-0.25, -0.2) is 13.4 Å². The third kappa shape index (κ3) is 2.60. The predicted octanol–water partition coefficient (Wildman–Crippen LogP) is 0.816. The van der Waals surface area contributed by atoms with Crippen molar-refractivity contribution >= 4 is 15.7 Å². The van der Waals surface area contributed by atoms with Crippen LogP contribution in [0.1, 0.15) is 19.3 Å². The van der Waals surface area contributed by atoms with Gasteiger partial charge in [0.05, 0.1) is 0 Å². The summed E-state index contributed by atoms with van der Waals surface area (Å²) in [6.07, 6.45) is 6.37. The number of nitrogens with zero attached hydrogens (tertiary/aromatic N) is 2. The average Bonchev–Trinajstić information content (AvgIpc) is 2.68. The van der Waals surface area contributed by atoms with Gasteiger partial charge in [-0.1, -0.05) is 0 Å². The number of anilines is 1. The fourth-order valence-electron chi connectivity index (χ4n) is 3.04. The number of nitrogens with one attached hydrogen (secondary N) is 1. The van der Waals surface area contributed by atoms with Gasteiger partial charge in [0.25, 0.3) is 0 Å². The van der Waals surface area contributed by atoms with Gasteiger partial charge >= 0.3 is 0 Å². The monoisotopic (exact) mass is 281 g/mol. The number of hydrogen-bond acceptors (Lipinski definition) is 5. The minimum atomic E-state index is -3.23. The molecule has 3 rings (SSSR count). The van der Waals surface area contributed by atoms with E-state index in [2.05, 4.69) is 15.2 Å². The fraction of sp³-hybridized carbons (Fsp3) is 0.615. The van der Waals surface area contributed by atoms with Crippen molar-refractivity contribution in [1.29, 1.82) is 0 Å². The Labute approximate surface area is 113 Å². The van der Waals surface area contributed by atoms with E-state index in [1.54, 1.807) is 18.3 Å². The molecule has 1 aromatic rings. The van der Waals surface area contributed by atoms with Gasteiger partial charge in [0, 0.05) is 37.6 Å². The maximum Gasteiger partial charge on any atom is 0.179 e. The Balaban J connectivity index is 1.94. The van der Waals surface area contributed by atoms with E-state index in [0.717, 1.165) is 19.5 Å². The molecule has 2 unspecified atom stereocenters. The van der Waals surface area contributed by atoms with Crippen LogP contribution < -0.4 is 10.2 Å². The van der Waals surface area contributed by atoms with E-state index in [4.69, 9.17) is 0 Å². The molecule has 2 saturated heterocycles. The summed E-state index contributed by atoms with van der Waals surface area (Å²) in [5, 5.41) is 3.59. The summed E-state index contributed by atoms with van der Waals surface area (Å²) in [7, 11) is -3.23. The standard InChI is InChI=1S/C13H19N3O2S/c1-19(17,18)12-3-2-7-14-13(12)16-8-6-10-4-5-11(9-16)15-10/h2-3,7,10-11,15H,4-6,8-9H2,1H3. The lowest BCUT2D eigenvalue weighted by molar-refractivity contribution is 0.563. The van der Waals surface area contributed by atoms with Crippen molar-refractivity contribution in [3.63, 3.8) is 0 Å². The molecule has 0 radical (unpaired) electrons. The lowest BCUT2D eigenvalue weighted by Crippen LogP contribution is -2.36. The van der Waals surface area contributed by atoms with Crippen LogP contribution in [0.15, 0.2) is 23.2 Å². The van der Waals surface area contributed by atoms with Gasteiger partial charge in [-0.15, -0.1) is 0 Å². The second-order valence-electron chi connectivity index (χ2n) is 5.47. The lowest BCUT2D eigenvalue weighted by atomic mass is 10.1. The molecule has 2 bridgehead atoms. The molecule has 1 aromatic heterocycles. The third-order valence-electron chi connectivity index (χ3n) is 3.97. The van der Waals surface area contributed by atoms with Crippen LogP contribution in [-0.4, -0.2) is 44.8 Å². The molecule has 6 heteroatoms. The molecule has 19 heavy (non-hydrogen) atoms. The first-order valence-corrected chi connectivity index (χ1v) is 8.59. The van der Waals surface area contributed by atoms with Gasteiger partial charge in [0.15, 0.2) is 9.84 Å². The van der Waals surface area contributed by atoms with E-state index in [0.29, 0.717) is 22.8 Å².